The van der Waals surface area contributed by atoms with Crippen molar-refractivity contribution in [2.45, 2.75) is 6.92 Å². The zero-order valence-corrected chi connectivity index (χ0v) is 15.1. The Kier molecular flexibility index (Phi) is 5.08. The van der Waals surface area contributed by atoms with Crippen molar-refractivity contribution in [2.75, 3.05) is 12.0 Å². The molecule has 1 amide bonds. The molecule has 0 fully saturated rings. The number of carbonyl (C=O) groups excluding carboxylic acids is 3. The van der Waals surface area contributed by atoms with E-state index < -0.39 is 23.7 Å². The number of nitrogens with zero attached hydrogens (tertiary/aromatic N) is 1. The lowest BCUT2D eigenvalue weighted by molar-refractivity contribution is -0.255. The summed E-state index contributed by atoms with van der Waals surface area (Å²) in [5, 5.41) is 10.9. The monoisotopic (exact) mass is 380 g/mol. The molecule has 3 rings (SSSR count). The number of aromatic carboxylic acids is 1. The molecular weight excluding hydrogens is 365 g/mol. The van der Waals surface area contributed by atoms with Crippen molar-refractivity contribution in [2.24, 2.45) is 0 Å². The molecule has 0 aliphatic carbocycles. The molecule has 0 saturated carbocycles. The minimum atomic E-state index is -1.32. The van der Waals surface area contributed by atoms with Gasteiger partial charge in [-0.1, -0.05) is 24.3 Å². The van der Waals surface area contributed by atoms with Crippen LogP contribution in [0.5, 0.6) is 0 Å². The van der Waals surface area contributed by atoms with E-state index in [0.29, 0.717) is 16.9 Å². The standard InChI is InChI=1S/C21H16FNO5/c1-12-18(21(27)28-2)17(11-13-3-5-14(6-4-13)20(25)26)19(24)23(12)16-9-7-15(22)8-10-16/h3-11H,1-2H3,(H,25,26)/p-1/b17-11-. The van der Waals surface area contributed by atoms with Gasteiger partial charge in [-0.2, -0.15) is 0 Å². The smallest absolute Gasteiger partial charge is 0.340 e. The van der Waals surface area contributed by atoms with Crippen molar-refractivity contribution < 1.29 is 28.6 Å². The number of ether oxygens (including phenoxy) is 1. The number of benzene rings is 2. The van der Waals surface area contributed by atoms with Crippen LogP contribution < -0.4 is 10.0 Å². The zero-order chi connectivity index (χ0) is 20.4. The minimum absolute atomic E-state index is 0.00671. The van der Waals surface area contributed by atoms with Crippen LogP contribution in [0.25, 0.3) is 6.08 Å². The van der Waals surface area contributed by atoms with Gasteiger partial charge in [0.25, 0.3) is 5.91 Å². The Morgan fingerprint density at radius 3 is 2.21 bits per heavy atom. The van der Waals surface area contributed by atoms with Crippen molar-refractivity contribution >= 4 is 29.6 Å². The van der Waals surface area contributed by atoms with Crippen LogP contribution in [0.15, 0.2) is 65.4 Å². The lowest BCUT2D eigenvalue weighted by atomic mass is 10.0. The van der Waals surface area contributed by atoms with Crippen LogP contribution in [0.1, 0.15) is 22.8 Å². The Bertz CT molecular complexity index is 1020. The van der Waals surface area contributed by atoms with Crippen molar-refractivity contribution in [3.8, 4) is 0 Å². The number of methoxy groups -OCH3 is 1. The van der Waals surface area contributed by atoms with Gasteiger partial charge in [0.05, 0.1) is 24.2 Å². The van der Waals surface area contributed by atoms with Gasteiger partial charge in [-0.15, -0.1) is 0 Å². The molecule has 0 N–H and O–H groups in total. The maximum Gasteiger partial charge on any atom is 0.340 e. The lowest BCUT2D eigenvalue weighted by Gasteiger charge is -2.17. The fourth-order valence-electron chi connectivity index (χ4n) is 2.96. The number of amides is 1. The molecule has 28 heavy (non-hydrogen) atoms. The van der Waals surface area contributed by atoms with E-state index in [2.05, 4.69) is 0 Å². The second kappa shape index (κ2) is 7.48. The average molecular weight is 380 g/mol. The molecule has 0 radical (unpaired) electrons. The molecule has 0 spiro atoms. The number of hydrogen-bond acceptors (Lipinski definition) is 5. The highest BCUT2D eigenvalue weighted by Crippen LogP contribution is 2.35. The normalized spacial score (nSPS) is 15.3. The summed E-state index contributed by atoms with van der Waals surface area (Å²) in [6.07, 6.45) is 1.47. The third-order valence-corrected chi connectivity index (χ3v) is 4.33. The van der Waals surface area contributed by atoms with Crippen molar-refractivity contribution in [1.82, 2.24) is 0 Å². The Morgan fingerprint density at radius 1 is 1.07 bits per heavy atom. The van der Waals surface area contributed by atoms with Crippen molar-refractivity contribution in [1.29, 1.82) is 0 Å². The van der Waals surface area contributed by atoms with E-state index in [9.17, 15) is 23.9 Å². The number of carbonyl (C=O) groups is 3. The first kappa shape index (κ1) is 19.0. The number of halogens is 1. The first-order chi connectivity index (χ1) is 13.3. The first-order valence-corrected chi connectivity index (χ1v) is 8.26. The Hall–Kier alpha value is -3.74. The minimum Gasteiger partial charge on any atom is -0.545 e. The van der Waals surface area contributed by atoms with Gasteiger partial charge in [0, 0.05) is 11.4 Å². The topological polar surface area (TPSA) is 86.7 Å². The second-order valence-electron chi connectivity index (χ2n) is 6.04. The molecule has 1 heterocycles. The predicted molar refractivity (Wildman–Crippen MR) is 97.4 cm³/mol. The Morgan fingerprint density at radius 2 is 1.68 bits per heavy atom. The van der Waals surface area contributed by atoms with Gasteiger partial charge >= 0.3 is 5.97 Å². The summed E-state index contributed by atoms with van der Waals surface area (Å²) in [7, 11) is 1.21. The molecule has 0 aromatic heterocycles. The summed E-state index contributed by atoms with van der Waals surface area (Å²) < 4.78 is 18.0. The van der Waals surface area contributed by atoms with E-state index in [-0.39, 0.29) is 16.7 Å². The van der Waals surface area contributed by atoms with Gasteiger partial charge in [-0.05, 0) is 48.4 Å². The zero-order valence-electron chi connectivity index (χ0n) is 15.1. The Labute approximate surface area is 160 Å². The van der Waals surface area contributed by atoms with Crippen molar-refractivity contribution in [3.63, 3.8) is 0 Å². The SMILES string of the molecule is COC(=O)C1=C(C)N(c2ccc(F)cc2)C(=O)/C1=C\c1ccc(C(=O)[O-])cc1. The molecule has 1 aliphatic heterocycles. The van der Waals surface area contributed by atoms with Crippen LogP contribution in [-0.4, -0.2) is 25.0 Å². The summed E-state index contributed by atoms with van der Waals surface area (Å²) in [5.74, 6) is -2.93. The van der Waals surface area contributed by atoms with Gasteiger partial charge in [0.1, 0.15) is 5.82 Å². The van der Waals surface area contributed by atoms with Crippen LogP contribution in [-0.2, 0) is 14.3 Å². The third-order valence-electron chi connectivity index (χ3n) is 4.33. The van der Waals surface area contributed by atoms with E-state index in [0.717, 1.165) is 0 Å². The highest BCUT2D eigenvalue weighted by atomic mass is 19.1. The first-order valence-electron chi connectivity index (χ1n) is 8.26. The summed E-state index contributed by atoms with van der Waals surface area (Å²) in [6.45, 7) is 1.59. The van der Waals surface area contributed by atoms with Gasteiger partial charge in [-0.3, -0.25) is 9.69 Å². The molecular formula is C21H15FNO5-. The summed E-state index contributed by atoms with van der Waals surface area (Å²) in [4.78, 5) is 37.5. The molecule has 6 nitrogen and oxygen atoms in total. The maximum atomic E-state index is 13.2. The highest BCUT2D eigenvalue weighted by Gasteiger charge is 2.37. The molecule has 142 valence electrons. The summed E-state index contributed by atoms with van der Waals surface area (Å²) in [6, 6.07) is 11.0. The molecule has 1 aliphatic rings. The van der Waals surface area contributed by atoms with Crippen LogP contribution in [0.4, 0.5) is 10.1 Å². The molecule has 7 heteroatoms. The lowest BCUT2D eigenvalue weighted by Crippen LogP contribution is -2.24. The van der Waals surface area contributed by atoms with Gasteiger partial charge in [0.15, 0.2) is 0 Å². The van der Waals surface area contributed by atoms with Gasteiger partial charge in [0.2, 0.25) is 0 Å². The largest absolute Gasteiger partial charge is 0.545 e. The Balaban J connectivity index is 2.08. The van der Waals surface area contributed by atoms with E-state index in [1.54, 1.807) is 6.92 Å². The van der Waals surface area contributed by atoms with E-state index in [1.807, 2.05) is 0 Å². The molecule has 2 aromatic carbocycles. The fraction of sp³-hybridized carbons (Fsp3) is 0.0952. The fourth-order valence-corrected chi connectivity index (χ4v) is 2.96. The van der Waals surface area contributed by atoms with Crippen LogP contribution in [0.3, 0.4) is 0 Å². The molecule has 0 bridgehead atoms. The number of carboxylic acid groups (broad SMARTS) is 1. The highest BCUT2D eigenvalue weighted by molar-refractivity contribution is 6.23. The molecule has 0 atom stereocenters. The van der Waals surface area contributed by atoms with Crippen molar-refractivity contribution in [3.05, 3.63) is 82.3 Å². The third kappa shape index (κ3) is 3.42. The molecule has 0 saturated heterocycles. The number of anilines is 1. The molecule has 0 unspecified atom stereocenters. The number of rotatable bonds is 4. The number of carboxylic acids is 1. The van der Waals surface area contributed by atoms with Crippen LogP contribution >= 0.6 is 0 Å². The average Bonchev–Trinajstić information content (AvgIpc) is 2.92. The van der Waals surface area contributed by atoms with Crippen LogP contribution in [0, 0.1) is 5.82 Å². The van der Waals surface area contributed by atoms with Crippen LogP contribution in [0.2, 0.25) is 0 Å². The van der Waals surface area contributed by atoms with E-state index in [1.165, 1.54) is 66.6 Å². The summed E-state index contributed by atoms with van der Waals surface area (Å²) >= 11 is 0. The maximum absolute atomic E-state index is 13.2. The number of allylic oxidation sites excluding steroid dienone is 1. The van der Waals surface area contributed by atoms with Gasteiger partial charge in [-0.25, -0.2) is 9.18 Å². The predicted octanol–water partition coefficient (Wildman–Crippen LogP) is 2.07. The number of esters is 1. The van der Waals surface area contributed by atoms with E-state index in [4.69, 9.17) is 4.74 Å². The quantitative estimate of drug-likeness (QED) is 0.599. The summed E-state index contributed by atoms with van der Waals surface area (Å²) in [5.41, 5.74) is 1.44. The second-order valence-corrected chi connectivity index (χ2v) is 6.04. The molecule has 2 aromatic rings. The number of hydrogen-bond donors (Lipinski definition) is 0. The van der Waals surface area contributed by atoms with Gasteiger partial charge < -0.3 is 14.6 Å². The van der Waals surface area contributed by atoms with E-state index >= 15 is 0 Å².